The van der Waals surface area contributed by atoms with E-state index in [0.717, 1.165) is 10.9 Å². The van der Waals surface area contributed by atoms with E-state index in [4.69, 9.17) is 0 Å². The molecule has 0 aliphatic heterocycles. The lowest BCUT2D eigenvalue weighted by Crippen LogP contribution is -1.73. The number of H-pyrrole nitrogens is 1. The lowest BCUT2D eigenvalue weighted by molar-refractivity contribution is 0.637. The van der Waals surface area contributed by atoms with Gasteiger partial charge in [-0.2, -0.15) is 0 Å². The van der Waals surface area contributed by atoms with Crippen LogP contribution in [0.15, 0.2) is 104 Å². The van der Waals surface area contributed by atoms with Crippen LogP contribution in [0.5, 0.6) is 0 Å². The average Bonchev–Trinajstić information content (AvgIpc) is 3.21. The van der Waals surface area contributed by atoms with E-state index in [0.29, 0.717) is 5.52 Å². The Morgan fingerprint density at radius 1 is 0.654 bits per heavy atom. The van der Waals surface area contributed by atoms with E-state index in [1.54, 1.807) is 24.7 Å². The molecule has 2 aromatic carbocycles. The molecule has 0 saturated heterocycles. The van der Waals surface area contributed by atoms with Gasteiger partial charge in [-0.1, -0.05) is 42.5 Å². The van der Waals surface area contributed by atoms with Crippen LogP contribution in [0.1, 0.15) is 0 Å². The summed E-state index contributed by atoms with van der Waals surface area (Å²) in [7, 11) is 0. The fraction of sp³-hybridized carbons (Fsp3) is 0. The second kappa shape index (κ2) is 9.08. The first-order chi connectivity index (χ1) is 12.8. The number of aromatic nitrogens is 3. The molecule has 0 aliphatic carbocycles. The number of nitrogens with one attached hydrogen (secondary N) is 1. The predicted molar refractivity (Wildman–Crippen MR) is 104 cm³/mol. The Hall–Kier alpha value is -3.53. The Morgan fingerprint density at radius 2 is 1.42 bits per heavy atom. The first-order valence-electron chi connectivity index (χ1n) is 8.21. The zero-order chi connectivity index (χ0) is 18.0. The summed E-state index contributed by atoms with van der Waals surface area (Å²) >= 11 is 0. The number of rotatable bonds is 0. The van der Waals surface area contributed by atoms with Crippen LogP contribution in [0, 0.1) is 5.82 Å². The summed E-state index contributed by atoms with van der Waals surface area (Å²) in [5.74, 6) is -0.192. The number of aromatic amines is 1. The molecule has 5 rings (SSSR count). The van der Waals surface area contributed by atoms with Crippen molar-refractivity contribution in [3.05, 3.63) is 109 Å². The Labute approximate surface area is 151 Å². The van der Waals surface area contributed by atoms with Gasteiger partial charge in [0.05, 0.1) is 11.0 Å². The fourth-order valence-electron chi connectivity index (χ4n) is 2.38. The topological polar surface area (TPSA) is 41.6 Å². The van der Waals surface area contributed by atoms with Gasteiger partial charge in [0, 0.05) is 35.6 Å². The van der Waals surface area contributed by atoms with Crippen molar-refractivity contribution in [3.63, 3.8) is 0 Å². The molecule has 3 heterocycles. The minimum atomic E-state index is -0.192. The second-order valence-corrected chi connectivity index (χ2v) is 5.40. The van der Waals surface area contributed by atoms with Crippen molar-refractivity contribution in [1.82, 2.24) is 15.0 Å². The van der Waals surface area contributed by atoms with E-state index in [1.807, 2.05) is 60.8 Å². The van der Waals surface area contributed by atoms with Crippen molar-refractivity contribution in [1.29, 1.82) is 0 Å². The number of hydrogen-bond acceptors (Lipinski definition) is 2. The van der Waals surface area contributed by atoms with Crippen LogP contribution >= 0.6 is 0 Å². The highest BCUT2D eigenvalue weighted by Gasteiger charge is 1.97. The summed E-state index contributed by atoms with van der Waals surface area (Å²) in [6.45, 7) is 0. The van der Waals surface area contributed by atoms with Crippen molar-refractivity contribution in [3.8, 4) is 0 Å². The van der Waals surface area contributed by atoms with Gasteiger partial charge in [0.25, 0.3) is 0 Å². The molecule has 128 valence electrons. The number of benzene rings is 2. The summed E-state index contributed by atoms with van der Waals surface area (Å²) in [5, 5.41) is 2.12. The van der Waals surface area contributed by atoms with Crippen LogP contribution in [-0.2, 0) is 0 Å². The van der Waals surface area contributed by atoms with E-state index in [2.05, 4.69) is 27.1 Å². The van der Waals surface area contributed by atoms with E-state index in [-0.39, 0.29) is 5.82 Å². The first-order valence-corrected chi connectivity index (χ1v) is 8.21. The maximum atomic E-state index is 12.8. The summed E-state index contributed by atoms with van der Waals surface area (Å²) in [4.78, 5) is 10.8. The molecule has 0 amide bonds. The van der Waals surface area contributed by atoms with E-state index in [1.165, 1.54) is 11.5 Å². The number of fused-ring (bicyclic) bond motifs is 2. The predicted octanol–water partition coefficient (Wildman–Crippen LogP) is 5.62. The third-order valence-electron chi connectivity index (χ3n) is 3.62. The molecule has 5 aromatic rings. The fourth-order valence-corrected chi connectivity index (χ4v) is 2.38. The number of hydrogen-bond donors (Lipinski definition) is 1. The standard InChI is InChI=1S/C9H7N.C8H6FN.C5H5N/c1-2-6-9-8(4-1)5-3-7-10-9;9-7-3-1-2-6-4-5-10-8(6)7;1-2-4-6-5-3-1/h1-7H;1-5,10H;1-5H. The minimum Gasteiger partial charge on any atom is -0.359 e. The Kier molecular flexibility index (Phi) is 6.04. The molecule has 4 heteroatoms. The van der Waals surface area contributed by atoms with Gasteiger partial charge < -0.3 is 4.98 Å². The van der Waals surface area contributed by atoms with Crippen LogP contribution in [0.4, 0.5) is 4.39 Å². The molecule has 0 atom stereocenters. The SMILES string of the molecule is Fc1cccc2cc[nH]c12.c1ccc2ncccc2c1.c1ccncc1. The summed E-state index contributed by atoms with van der Waals surface area (Å²) in [6.07, 6.45) is 7.04. The largest absolute Gasteiger partial charge is 0.359 e. The van der Waals surface area contributed by atoms with Crippen LogP contribution in [0.25, 0.3) is 21.8 Å². The van der Waals surface area contributed by atoms with Crippen LogP contribution in [-0.4, -0.2) is 15.0 Å². The molecule has 0 aliphatic rings. The maximum Gasteiger partial charge on any atom is 0.147 e. The Balaban J connectivity index is 0.000000117. The molecule has 0 spiro atoms. The quantitative estimate of drug-likeness (QED) is 0.396. The van der Waals surface area contributed by atoms with Crippen LogP contribution < -0.4 is 0 Å². The maximum absolute atomic E-state index is 12.8. The van der Waals surface area contributed by atoms with Gasteiger partial charge >= 0.3 is 0 Å². The summed E-state index contributed by atoms with van der Waals surface area (Å²) in [6, 6.07) is 24.7. The molecule has 1 N–H and O–H groups in total. The molecule has 3 nitrogen and oxygen atoms in total. The van der Waals surface area contributed by atoms with Gasteiger partial charge in [-0.25, -0.2) is 4.39 Å². The summed E-state index contributed by atoms with van der Waals surface area (Å²) in [5.41, 5.74) is 1.65. The third-order valence-corrected chi connectivity index (χ3v) is 3.62. The van der Waals surface area contributed by atoms with Crippen molar-refractivity contribution in [2.45, 2.75) is 0 Å². The van der Waals surface area contributed by atoms with Crippen LogP contribution in [0.3, 0.4) is 0 Å². The van der Waals surface area contributed by atoms with Crippen LogP contribution in [0.2, 0.25) is 0 Å². The van der Waals surface area contributed by atoms with Crippen molar-refractivity contribution in [2.24, 2.45) is 0 Å². The zero-order valence-corrected chi connectivity index (χ0v) is 14.1. The lowest BCUT2D eigenvalue weighted by Gasteiger charge is -1.91. The highest BCUT2D eigenvalue weighted by atomic mass is 19.1. The smallest absolute Gasteiger partial charge is 0.147 e. The van der Waals surface area contributed by atoms with E-state index < -0.39 is 0 Å². The van der Waals surface area contributed by atoms with Gasteiger partial charge in [-0.3, -0.25) is 9.97 Å². The van der Waals surface area contributed by atoms with Gasteiger partial charge in [0.1, 0.15) is 5.82 Å². The average molecular weight is 343 g/mol. The van der Waals surface area contributed by atoms with Crippen molar-refractivity contribution >= 4 is 21.8 Å². The molecular weight excluding hydrogens is 325 g/mol. The molecule has 0 radical (unpaired) electrons. The van der Waals surface area contributed by atoms with Gasteiger partial charge in [-0.05, 0) is 36.4 Å². The normalized spacial score (nSPS) is 9.73. The molecule has 0 fully saturated rings. The number of para-hydroxylation sites is 2. The lowest BCUT2D eigenvalue weighted by atomic mass is 10.2. The van der Waals surface area contributed by atoms with Gasteiger partial charge in [0.2, 0.25) is 0 Å². The van der Waals surface area contributed by atoms with Crippen molar-refractivity contribution < 1.29 is 4.39 Å². The Bertz CT molecular complexity index is 966. The van der Waals surface area contributed by atoms with Gasteiger partial charge in [0.15, 0.2) is 0 Å². The number of nitrogens with zero attached hydrogens (tertiary/aromatic N) is 2. The first kappa shape index (κ1) is 17.3. The van der Waals surface area contributed by atoms with Gasteiger partial charge in [-0.15, -0.1) is 0 Å². The molecular formula is C22H18FN3. The van der Waals surface area contributed by atoms with Crippen molar-refractivity contribution in [2.75, 3.05) is 0 Å². The zero-order valence-electron chi connectivity index (χ0n) is 14.1. The monoisotopic (exact) mass is 343 g/mol. The Morgan fingerprint density at radius 3 is 2.12 bits per heavy atom. The van der Waals surface area contributed by atoms with E-state index >= 15 is 0 Å². The third kappa shape index (κ3) is 4.74. The molecule has 0 bridgehead atoms. The second-order valence-electron chi connectivity index (χ2n) is 5.40. The number of halogens is 1. The molecule has 26 heavy (non-hydrogen) atoms. The number of pyridine rings is 2. The summed E-state index contributed by atoms with van der Waals surface area (Å²) < 4.78 is 12.8. The minimum absolute atomic E-state index is 0.192. The highest BCUT2D eigenvalue weighted by Crippen LogP contribution is 2.14. The molecule has 0 saturated carbocycles. The highest BCUT2D eigenvalue weighted by molar-refractivity contribution is 5.79. The molecule has 3 aromatic heterocycles. The van der Waals surface area contributed by atoms with E-state index in [9.17, 15) is 4.39 Å². The molecule has 0 unspecified atom stereocenters.